The minimum absolute atomic E-state index is 0.104. The lowest BCUT2D eigenvalue weighted by Crippen LogP contribution is -2.22. The van der Waals surface area contributed by atoms with Crippen LogP contribution in [0.1, 0.15) is 5.69 Å². The lowest BCUT2D eigenvalue weighted by atomic mass is 10.2. The van der Waals surface area contributed by atoms with Crippen molar-refractivity contribution in [1.29, 1.82) is 0 Å². The highest BCUT2D eigenvalue weighted by Gasteiger charge is 2.13. The zero-order valence-corrected chi connectivity index (χ0v) is 15.0. The molecule has 0 saturated carbocycles. The number of tetrazole rings is 1. The van der Waals surface area contributed by atoms with Gasteiger partial charge in [-0.2, -0.15) is 9.90 Å². The second-order valence-corrected chi connectivity index (χ2v) is 6.12. The summed E-state index contributed by atoms with van der Waals surface area (Å²) >= 11 is 0. The molecule has 0 radical (unpaired) electrons. The molecule has 9 heteroatoms. The fourth-order valence-electron chi connectivity index (χ4n) is 2.69. The first-order chi connectivity index (χ1) is 13.6. The smallest absolute Gasteiger partial charge is 0.249 e. The normalized spacial score (nSPS) is 10.8. The summed E-state index contributed by atoms with van der Waals surface area (Å²) in [5.74, 6) is 0.239. The van der Waals surface area contributed by atoms with Crippen LogP contribution in [0.3, 0.4) is 0 Å². The summed E-state index contributed by atoms with van der Waals surface area (Å²) < 4.78 is 14.7. The predicted molar refractivity (Wildman–Crippen MR) is 100 cm³/mol. The molecule has 2 aromatic carbocycles. The molecule has 0 bridgehead atoms. The number of nitrogens with one attached hydrogen (secondary N) is 1. The monoisotopic (exact) mass is 377 g/mol. The second-order valence-electron chi connectivity index (χ2n) is 6.12. The number of rotatable bonds is 5. The molecule has 4 aromatic rings. The number of anilines is 1. The molecule has 4 rings (SSSR count). The lowest BCUT2D eigenvalue weighted by Gasteiger charge is -2.08. The van der Waals surface area contributed by atoms with Crippen LogP contribution in [0.25, 0.3) is 17.1 Å². The minimum Gasteiger partial charge on any atom is -0.309 e. The molecule has 0 aliphatic heterocycles. The topological polar surface area (TPSA) is 90.5 Å². The van der Waals surface area contributed by atoms with Gasteiger partial charge in [-0.1, -0.05) is 30.3 Å². The highest BCUT2D eigenvalue weighted by molar-refractivity contribution is 5.90. The Morgan fingerprint density at radius 3 is 2.57 bits per heavy atom. The maximum Gasteiger partial charge on any atom is 0.249 e. The number of carbonyl (C=O) groups excluding carboxylic acids is 1. The van der Waals surface area contributed by atoms with E-state index >= 15 is 0 Å². The van der Waals surface area contributed by atoms with Crippen molar-refractivity contribution >= 4 is 11.7 Å². The Hall–Kier alpha value is -3.88. The van der Waals surface area contributed by atoms with Crippen LogP contribution in [0.5, 0.6) is 0 Å². The van der Waals surface area contributed by atoms with Gasteiger partial charge in [-0.15, -0.1) is 10.2 Å². The van der Waals surface area contributed by atoms with E-state index < -0.39 is 0 Å². The van der Waals surface area contributed by atoms with Crippen molar-refractivity contribution in [2.75, 3.05) is 5.32 Å². The Labute approximate surface area is 159 Å². The van der Waals surface area contributed by atoms with Gasteiger partial charge in [0.1, 0.15) is 18.2 Å². The summed E-state index contributed by atoms with van der Waals surface area (Å²) in [5.41, 5.74) is 2.17. The molecular formula is C19H16FN7O. The number of aromatic nitrogens is 6. The molecule has 1 N–H and O–H groups in total. The van der Waals surface area contributed by atoms with Crippen molar-refractivity contribution in [2.24, 2.45) is 0 Å². The summed E-state index contributed by atoms with van der Waals surface area (Å²) in [6, 6.07) is 17.0. The molecule has 1 amide bonds. The predicted octanol–water partition coefficient (Wildman–Crippen LogP) is 2.61. The Balaban J connectivity index is 1.49. The quantitative estimate of drug-likeness (QED) is 0.577. The third-order valence-electron chi connectivity index (χ3n) is 3.94. The summed E-state index contributed by atoms with van der Waals surface area (Å²) in [7, 11) is 0. The molecule has 0 aliphatic rings. The Bertz CT molecular complexity index is 1100. The van der Waals surface area contributed by atoms with Crippen LogP contribution < -0.4 is 5.32 Å². The van der Waals surface area contributed by atoms with E-state index in [4.69, 9.17) is 0 Å². The van der Waals surface area contributed by atoms with Gasteiger partial charge >= 0.3 is 0 Å². The molecule has 0 fully saturated rings. The fraction of sp³-hybridized carbons (Fsp3) is 0.105. The van der Waals surface area contributed by atoms with E-state index in [2.05, 4.69) is 25.8 Å². The molecule has 8 nitrogen and oxygen atoms in total. The van der Waals surface area contributed by atoms with Crippen LogP contribution in [-0.4, -0.2) is 35.9 Å². The van der Waals surface area contributed by atoms with Gasteiger partial charge in [-0.25, -0.2) is 9.07 Å². The van der Waals surface area contributed by atoms with Crippen LogP contribution in [0.2, 0.25) is 0 Å². The van der Waals surface area contributed by atoms with Gasteiger partial charge in [0, 0.05) is 11.6 Å². The van der Waals surface area contributed by atoms with Crippen molar-refractivity contribution in [3.8, 4) is 17.1 Å². The fourth-order valence-corrected chi connectivity index (χ4v) is 2.69. The number of hydrogen-bond donors (Lipinski definition) is 1. The zero-order valence-electron chi connectivity index (χ0n) is 15.0. The lowest BCUT2D eigenvalue weighted by molar-refractivity contribution is -0.117. The van der Waals surface area contributed by atoms with E-state index in [-0.39, 0.29) is 18.3 Å². The maximum absolute atomic E-state index is 13.2. The largest absolute Gasteiger partial charge is 0.309 e. The molecule has 0 saturated heterocycles. The van der Waals surface area contributed by atoms with Crippen LogP contribution in [0.4, 0.5) is 10.2 Å². The molecule has 2 aromatic heterocycles. The van der Waals surface area contributed by atoms with Gasteiger partial charge < -0.3 is 5.32 Å². The number of amides is 1. The van der Waals surface area contributed by atoms with E-state index in [0.29, 0.717) is 23.0 Å². The summed E-state index contributed by atoms with van der Waals surface area (Å²) in [5, 5.41) is 19.2. The van der Waals surface area contributed by atoms with Gasteiger partial charge in [0.15, 0.2) is 0 Å². The molecule has 140 valence electrons. The van der Waals surface area contributed by atoms with Crippen LogP contribution in [0.15, 0.2) is 60.7 Å². The molecular weight excluding hydrogens is 361 g/mol. The Morgan fingerprint density at radius 1 is 1.07 bits per heavy atom. The number of carbonyl (C=O) groups is 1. The van der Waals surface area contributed by atoms with E-state index in [1.165, 1.54) is 21.6 Å². The van der Waals surface area contributed by atoms with Gasteiger partial charge in [0.05, 0.1) is 11.4 Å². The van der Waals surface area contributed by atoms with Gasteiger partial charge in [0.2, 0.25) is 11.7 Å². The van der Waals surface area contributed by atoms with Gasteiger partial charge in [0.25, 0.3) is 0 Å². The third kappa shape index (κ3) is 3.78. The SMILES string of the molecule is Cc1cc(NC(=O)Cn2nnc(-c3ccccc3)n2)n(-c2ccc(F)cc2)n1. The van der Waals surface area contributed by atoms with E-state index in [9.17, 15) is 9.18 Å². The molecule has 2 heterocycles. The van der Waals surface area contributed by atoms with E-state index in [1.54, 1.807) is 25.1 Å². The Morgan fingerprint density at radius 2 is 1.82 bits per heavy atom. The first-order valence-electron chi connectivity index (χ1n) is 8.54. The standard InChI is InChI=1S/C19H16FN7O/c1-13-11-17(27(23-13)16-9-7-15(20)8-10-16)21-18(28)12-26-24-19(22-25-26)14-5-3-2-4-6-14/h2-11H,12H2,1H3,(H,21,28). The number of aryl methyl sites for hydroxylation is 1. The third-order valence-corrected chi connectivity index (χ3v) is 3.94. The zero-order chi connectivity index (χ0) is 19.5. The summed E-state index contributed by atoms with van der Waals surface area (Å²) in [4.78, 5) is 13.7. The maximum atomic E-state index is 13.2. The number of hydrogen-bond acceptors (Lipinski definition) is 5. The first kappa shape index (κ1) is 17.5. The molecule has 0 spiro atoms. The van der Waals surface area contributed by atoms with Gasteiger partial charge in [-0.3, -0.25) is 4.79 Å². The van der Waals surface area contributed by atoms with Crippen molar-refractivity contribution in [1.82, 2.24) is 30.0 Å². The Kier molecular flexibility index (Phi) is 4.63. The van der Waals surface area contributed by atoms with Crippen LogP contribution in [-0.2, 0) is 11.3 Å². The number of benzene rings is 2. The van der Waals surface area contributed by atoms with Crippen molar-refractivity contribution < 1.29 is 9.18 Å². The second kappa shape index (κ2) is 7.39. The summed E-state index contributed by atoms with van der Waals surface area (Å²) in [6.07, 6.45) is 0. The van der Waals surface area contributed by atoms with Crippen LogP contribution in [0, 0.1) is 12.7 Å². The van der Waals surface area contributed by atoms with Crippen molar-refractivity contribution in [3.63, 3.8) is 0 Å². The van der Waals surface area contributed by atoms with Crippen LogP contribution >= 0.6 is 0 Å². The molecule has 0 unspecified atom stereocenters. The van der Waals surface area contributed by atoms with Crippen molar-refractivity contribution in [3.05, 3.63) is 72.2 Å². The minimum atomic E-state index is -0.343. The van der Waals surface area contributed by atoms with E-state index in [0.717, 1.165) is 5.56 Å². The average Bonchev–Trinajstić information content (AvgIpc) is 3.29. The molecule has 0 aliphatic carbocycles. The first-order valence-corrected chi connectivity index (χ1v) is 8.54. The van der Waals surface area contributed by atoms with Crippen molar-refractivity contribution in [2.45, 2.75) is 13.5 Å². The molecule has 0 atom stereocenters. The van der Waals surface area contributed by atoms with Gasteiger partial charge in [-0.05, 0) is 36.4 Å². The van der Waals surface area contributed by atoms with E-state index in [1.807, 2.05) is 30.3 Å². The average molecular weight is 377 g/mol. The number of halogens is 1. The number of nitrogens with zero attached hydrogens (tertiary/aromatic N) is 6. The summed E-state index contributed by atoms with van der Waals surface area (Å²) in [6.45, 7) is 1.70. The molecule has 28 heavy (non-hydrogen) atoms. The highest BCUT2D eigenvalue weighted by atomic mass is 19.1. The highest BCUT2D eigenvalue weighted by Crippen LogP contribution is 2.18.